The zero-order valence-corrected chi connectivity index (χ0v) is 16.0. The molecule has 0 bridgehead atoms. The summed E-state index contributed by atoms with van der Waals surface area (Å²) in [4.78, 5) is 26.6. The average Bonchev–Trinajstić information content (AvgIpc) is 3.23. The van der Waals surface area contributed by atoms with E-state index in [1.165, 1.54) is 0 Å². The highest BCUT2D eigenvalue weighted by atomic mass is 16.5. The second-order valence-electron chi connectivity index (χ2n) is 7.03. The van der Waals surface area contributed by atoms with Crippen molar-refractivity contribution in [1.82, 2.24) is 10.2 Å². The number of ether oxygens (including phenoxy) is 3. The number of likely N-dealkylation sites (tertiary alicyclic amines) is 1. The van der Waals surface area contributed by atoms with Gasteiger partial charge in [0.05, 0.1) is 20.6 Å². The van der Waals surface area contributed by atoms with Crippen LogP contribution < -0.4 is 14.8 Å². The fraction of sp³-hybridized carbons (Fsp3) is 0.600. The number of hydrogen-bond donors (Lipinski definition) is 1. The molecule has 148 valence electrons. The number of rotatable bonds is 6. The summed E-state index contributed by atoms with van der Waals surface area (Å²) >= 11 is 0. The SMILES string of the molecule is COc1ccc(CC(=O)N2CCC(NC(=O)C3CCCO3)CC2)cc1OC. The highest BCUT2D eigenvalue weighted by Gasteiger charge is 2.28. The molecular formula is C20H28N2O5. The van der Waals surface area contributed by atoms with Crippen molar-refractivity contribution in [2.24, 2.45) is 0 Å². The molecule has 0 aromatic heterocycles. The van der Waals surface area contributed by atoms with Gasteiger partial charge in [-0.2, -0.15) is 0 Å². The summed E-state index contributed by atoms with van der Waals surface area (Å²) in [7, 11) is 3.17. The van der Waals surface area contributed by atoms with E-state index < -0.39 is 0 Å². The zero-order chi connectivity index (χ0) is 19.2. The number of amides is 2. The van der Waals surface area contributed by atoms with E-state index in [9.17, 15) is 9.59 Å². The molecule has 0 spiro atoms. The van der Waals surface area contributed by atoms with Gasteiger partial charge in [0.1, 0.15) is 6.10 Å². The Bertz CT molecular complexity index is 664. The molecule has 7 nitrogen and oxygen atoms in total. The molecule has 1 unspecified atom stereocenters. The van der Waals surface area contributed by atoms with Gasteiger partial charge in [-0.25, -0.2) is 0 Å². The van der Waals surface area contributed by atoms with Gasteiger partial charge < -0.3 is 24.4 Å². The number of nitrogens with one attached hydrogen (secondary N) is 1. The Morgan fingerprint density at radius 3 is 2.52 bits per heavy atom. The number of methoxy groups -OCH3 is 2. The molecule has 27 heavy (non-hydrogen) atoms. The number of piperidine rings is 1. The largest absolute Gasteiger partial charge is 0.493 e. The Morgan fingerprint density at radius 2 is 1.89 bits per heavy atom. The van der Waals surface area contributed by atoms with Crippen LogP contribution in [0.25, 0.3) is 0 Å². The van der Waals surface area contributed by atoms with Crippen LogP contribution in [0.1, 0.15) is 31.2 Å². The van der Waals surface area contributed by atoms with Crippen LogP contribution in [-0.2, 0) is 20.7 Å². The van der Waals surface area contributed by atoms with E-state index in [-0.39, 0.29) is 24.0 Å². The normalized spacial score (nSPS) is 20.4. The van der Waals surface area contributed by atoms with Crippen molar-refractivity contribution >= 4 is 11.8 Å². The summed E-state index contributed by atoms with van der Waals surface area (Å²) in [6.45, 7) is 1.98. The van der Waals surface area contributed by atoms with Gasteiger partial charge in [-0.3, -0.25) is 9.59 Å². The number of benzene rings is 1. The molecule has 7 heteroatoms. The van der Waals surface area contributed by atoms with Crippen molar-refractivity contribution in [2.45, 2.75) is 44.2 Å². The molecular weight excluding hydrogens is 348 g/mol. The lowest BCUT2D eigenvalue weighted by molar-refractivity contribution is -0.132. The quantitative estimate of drug-likeness (QED) is 0.815. The lowest BCUT2D eigenvalue weighted by atomic mass is 10.0. The first-order valence-corrected chi connectivity index (χ1v) is 9.51. The van der Waals surface area contributed by atoms with Gasteiger partial charge in [0.2, 0.25) is 11.8 Å². The van der Waals surface area contributed by atoms with Crippen LogP contribution in [-0.4, -0.2) is 62.8 Å². The molecule has 1 aromatic carbocycles. The number of nitrogens with zero attached hydrogens (tertiary/aromatic N) is 1. The Morgan fingerprint density at radius 1 is 1.15 bits per heavy atom. The molecule has 2 fully saturated rings. The predicted octanol–water partition coefficient (Wildman–Crippen LogP) is 1.53. The summed E-state index contributed by atoms with van der Waals surface area (Å²) in [6.07, 6.45) is 3.32. The third-order valence-electron chi connectivity index (χ3n) is 5.22. The van der Waals surface area contributed by atoms with E-state index in [1.807, 2.05) is 23.1 Å². The van der Waals surface area contributed by atoms with E-state index in [0.717, 1.165) is 31.2 Å². The first kappa shape index (κ1) is 19.5. The van der Waals surface area contributed by atoms with Gasteiger partial charge in [-0.05, 0) is 43.4 Å². The molecule has 2 aliphatic heterocycles. The van der Waals surface area contributed by atoms with E-state index in [4.69, 9.17) is 14.2 Å². The van der Waals surface area contributed by atoms with Crippen molar-refractivity contribution in [2.75, 3.05) is 33.9 Å². The maximum absolute atomic E-state index is 12.6. The van der Waals surface area contributed by atoms with Crippen molar-refractivity contribution in [1.29, 1.82) is 0 Å². The Labute approximate surface area is 160 Å². The van der Waals surface area contributed by atoms with E-state index in [2.05, 4.69) is 5.32 Å². The molecule has 2 aliphatic rings. The van der Waals surface area contributed by atoms with Crippen LogP contribution in [0.3, 0.4) is 0 Å². The smallest absolute Gasteiger partial charge is 0.249 e. The van der Waals surface area contributed by atoms with Crippen molar-refractivity contribution < 1.29 is 23.8 Å². The van der Waals surface area contributed by atoms with Crippen LogP contribution in [0.5, 0.6) is 11.5 Å². The topological polar surface area (TPSA) is 77.1 Å². The lowest BCUT2D eigenvalue weighted by Gasteiger charge is -2.33. The fourth-order valence-corrected chi connectivity index (χ4v) is 3.63. The highest BCUT2D eigenvalue weighted by molar-refractivity contribution is 5.81. The van der Waals surface area contributed by atoms with Gasteiger partial charge in [-0.1, -0.05) is 6.07 Å². The number of carbonyl (C=O) groups excluding carboxylic acids is 2. The van der Waals surface area contributed by atoms with Crippen molar-refractivity contribution in [3.8, 4) is 11.5 Å². The Balaban J connectivity index is 1.47. The Kier molecular flexibility index (Phi) is 6.55. The summed E-state index contributed by atoms with van der Waals surface area (Å²) in [5, 5.41) is 3.07. The van der Waals surface area contributed by atoms with E-state index >= 15 is 0 Å². The molecule has 3 rings (SSSR count). The summed E-state index contributed by atoms with van der Waals surface area (Å²) in [5.41, 5.74) is 0.895. The van der Waals surface area contributed by atoms with E-state index in [0.29, 0.717) is 37.6 Å². The zero-order valence-electron chi connectivity index (χ0n) is 16.0. The van der Waals surface area contributed by atoms with Crippen LogP contribution in [0.15, 0.2) is 18.2 Å². The molecule has 2 heterocycles. The van der Waals surface area contributed by atoms with Crippen LogP contribution in [0, 0.1) is 0 Å². The first-order valence-electron chi connectivity index (χ1n) is 9.51. The fourth-order valence-electron chi connectivity index (χ4n) is 3.63. The van der Waals surface area contributed by atoms with Crippen LogP contribution in [0.4, 0.5) is 0 Å². The molecule has 0 aliphatic carbocycles. The molecule has 1 N–H and O–H groups in total. The number of hydrogen-bond acceptors (Lipinski definition) is 5. The van der Waals surface area contributed by atoms with Gasteiger partial charge in [-0.15, -0.1) is 0 Å². The molecule has 1 aromatic rings. The highest BCUT2D eigenvalue weighted by Crippen LogP contribution is 2.28. The summed E-state index contributed by atoms with van der Waals surface area (Å²) in [6, 6.07) is 5.65. The van der Waals surface area contributed by atoms with Crippen LogP contribution >= 0.6 is 0 Å². The third kappa shape index (κ3) is 4.91. The maximum atomic E-state index is 12.6. The average molecular weight is 376 g/mol. The standard InChI is InChI=1S/C20H28N2O5/c1-25-16-6-5-14(12-18(16)26-2)13-19(23)22-9-7-15(8-10-22)21-20(24)17-4-3-11-27-17/h5-6,12,15,17H,3-4,7-11,13H2,1-2H3,(H,21,24). The first-order chi connectivity index (χ1) is 13.1. The minimum absolute atomic E-state index is 0.0115. The Hall–Kier alpha value is -2.28. The minimum Gasteiger partial charge on any atom is -0.493 e. The van der Waals surface area contributed by atoms with Gasteiger partial charge in [0.25, 0.3) is 0 Å². The monoisotopic (exact) mass is 376 g/mol. The second-order valence-corrected chi connectivity index (χ2v) is 7.03. The summed E-state index contributed by atoms with van der Waals surface area (Å²) in [5.74, 6) is 1.35. The van der Waals surface area contributed by atoms with Gasteiger partial charge >= 0.3 is 0 Å². The molecule has 2 amide bonds. The molecule has 0 radical (unpaired) electrons. The predicted molar refractivity (Wildman–Crippen MR) is 100.0 cm³/mol. The van der Waals surface area contributed by atoms with Crippen LogP contribution in [0.2, 0.25) is 0 Å². The minimum atomic E-state index is -0.297. The molecule has 2 saturated heterocycles. The van der Waals surface area contributed by atoms with Gasteiger partial charge in [0.15, 0.2) is 11.5 Å². The summed E-state index contributed by atoms with van der Waals surface area (Å²) < 4.78 is 15.9. The second kappa shape index (κ2) is 9.08. The maximum Gasteiger partial charge on any atom is 0.249 e. The lowest BCUT2D eigenvalue weighted by Crippen LogP contribution is -2.49. The number of carbonyl (C=O) groups is 2. The van der Waals surface area contributed by atoms with E-state index in [1.54, 1.807) is 14.2 Å². The third-order valence-corrected chi connectivity index (χ3v) is 5.22. The molecule has 0 saturated carbocycles. The van der Waals surface area contributed by atoms with Crippen molar-refractivity contribution in [3.05, 3.63) is 23.8 Å². The van der Waals surface area contributed by atoms with Gasteiger partial charge in [0, 0.05) is 25.7 Å². The molecule has 1 atom stereocenters. The van der Waals surface area contributed by atoms with Crippen molar-refractivity contribution in [3.63, 3.8) is 0 Å².